The summed E-state index contributed by atoms with van der Waals surface area (Å²) in [5, 5.41) is 4.20. The van der Waals surface area contributed by atoms with Gasteiger partial charge >= 0.3 is 0 Å². The van der Waals surface area contributed by atoms with E-state index in [9.17, 15) is 4.79 Å². The molecule has 0 saturated carbocycles. The third-order valence-corrected chi connectivity index (χ3v) is 5.68. The summed E-state index contributed by atoms with van der Waals surface area (Å²) < 4.78 is 0.902. The van der Waals surface area contributed by atoms with Crippen LogP contribution in [0, 0.1) is 0 Å². The van der Waals surface area contributed by atoms with Crippen molar-refractivity contribution in [2.24, 2.45) is 0 Å². The van der Waals surface area contributed by atoms with Crippen molar-refractivity contribution in [2.45, 2.75) is 16.2 Å². The van der Waals surface area contributed by atoms with Crippen LogP contribution in [0.3, 0.4) is 0 Å². The first-order valence-corrected chi connectivity index (χ1v) is 8.31. The van der Waals surface area contributed by atoms with E-state index in [4.69, 9.17) is 11.6 Å². The third kappa shape index (κ3) is 4.20. The van der Waals surface area contributed by atoms with Gasteiger partial charge in [-0.05, 0) is 35.1 Å². The van der Waals surface area contributed by atoms with Crippen molar-refractivity contribution in [1.82, 2.24) is 4.98 Å². The Labute approximate surface area is 122 Å². The molecular weight excluding hydrogens is 308 g/mol. The molecule has 0 aliphatic rings. The van der Waals surface area contributed by atoms with Gasteiger partial charge < -0.3 is 5.32 Å². The molecule has 2 rings (SSSR count). The Hall–Kier alpha value is -0.690. The number of amides is 1. The lowest BCUT2D eigenvalue weighted by Crippen LogP contribution is -2.03. The predicted octanol–water partition coefficient (Wildman–Crippen LogP) is 4.55. The van der Waals surface area contributed by atoms with Crippen LogP contribution in [-0.4, -0.2) is 10.9 Å². The van der Waals surface area contributed by atoms with Crippen LogP contribution in [0.1, 0.15) is 6.92 Å². The van der Waals surface area contributed by atoms with Crippen molar-refractivity contribution >= 4 is 55.4 Å². The molecule has 1 amide bonds. The number of nitrogens with zero attached hydrogens (tertiary/aromatic N) is 1. The molecule has 18 heavy (non-hydrogen) atoms. The zero-order valence-corrected chi connectivity index (χ0v) is 12.6. The second-order valence-corrected chi connectivity index (χ2v) is 7.21. The van der Waals surface area contributed by atoms with E-state index in [-0.39, 0.29) is 5.91 Å². The first kappa shape index (κ1) is 13.7. The highest BCUT2D eigenvalue weighted by Gasteiger charge is 2.05. The van der Waals surface area contributed by atoms with Gasteiger partial charge in [0.05, 0.1) is 6.20 Å². The van der Waals surface area contributed by atoms with Crippen LogP contribution in [0.5, 0.6) is 0 Å². The van der Waals surface area contributed by atoms with Crippen molar-refractivity contribution in [3.8, 4) is 0 Å². The minimum absolute atomic E-state index is 0.0828. The molecule has 0 fully saturated rings. The lowest BCUT2D eigenvalue weighted by molar-refractivity contribution is -0.114. The number of carbonyl (C=O) groups excluding carboxylic acids is 1. The van der Waals surface area contributed by atoms with E-state index in [1.54, 1.807) is 27.8 Å². The van der Waals surface area contributed by atoms with E-state index in [1.165, 1.54) is 18.3 Å². The molecule has 0 atom stereocenters. The molecule has 0 saturated heterocycles. The SMILES string of the molecule is CC(=O)Nc1cnc(SSc2ccc(Cl)cc2)s1. The lowest BCUT2D eigenvalue weighted by atomic mass is 10.4. The molecule has 0 radical (unpaired) electrons. The number of hydrogen-bond acceptors (Lipinski definition) is 5. The van der Waals surface area contributed by atoms with Gasteiger partial charge in [-0.25, -0.2) is 4.98 Å². The maximum Gasteiger partial charge on any atom is 0.221 e. The molecule has 0 aliphatic heterocycles. The van der Waals surface area contributed by atoms with Gasteiger partial charge in [0.2, 0.25) is 5.91 Å². The summed E-state index contributed by atoms with van der Waals surface area (Å²) in [4.78, 5) is 16.2. The van der Waals surface area contributed by atoms with Gasteiger partial charge in [-0.2, -0.15) is 0 Å². The maximum absolute atomic E-state index is 10.9. The number of nitrogens with one attached hydrogen (secondary N) is 1. The van der Waals surface area contributed by atoms with Crippen molar-refractivity contribution in [2.75, 3.05) is 5.32 Å². The smallest absolute Gasteiger partial charge is 0.221 e. The molecule has 3 nitrogen and oxygen atoms in total. The van der Waals surface area contributed by atoms with Gasteiger partial charge in [0.15, 0.2) is 4.34 Å². The number of rotatable bonds is 4. The molecule has 2 aromatic rings. The summed E-state index contributed by atoms with van der Waals surface area (Å²) >= 11 is 7.27. The highest BCUT2D eigenvalue weighted by molar-refractivity contribution is 8.77. The summed E-state index contributed by atoms with van der Waals surface area (Å²) in [6, 6.07) is 7.63. The Balaban J connectivity index is 1.92. The van der Waals surface area contributed by atoms with Gasteiger partial charge in [-0.15, -0.1) is 0 Å². The number of carbonyl (C=O) groups is 1. The average molecular weight is 317 g/mol. The third-order valence-electron chi connectivity index (χ3n) is 1.81. The summed E-state index contributed by atoms with van der Waals surface area (Å²) in [6.07, 6.45) is 1.66. The highest BCUT2D eigenvalue weighted by Crippen LogP contribution is 2.40. The summed E-state index contributed by atoms with van der Waals surface area (Å²) in [6.45, 7) is 1.48. The minimum Gasteiger partial charge on any atom is -0.317 e. The monoisotopic (exact) mass is 316 g/mol. The van der Waals surface area contributed by atoms with Crippen molar-refractivity contribution in [3.63, 3.8) is 0 Å². The Morgan fingerprint density at radius 1 is 1.33 bits per heavy atom. The molecule has 1 N–H and O–H groups in total. The first-order chi connectivity index (χ1) is 8.63. The van der Waals surface area contributed by atoms with Gasteiger partial charge in [-0.3, -0.25) is 4.79 Å². The van der Waals surface area contributed by atoms with Crippen molar-refractivity contribution < 1.29 is 4.79 Å². The fourth-order valence-corrected chi connectivity index (χ4v) is 4.31. The van der Waals surface area contributed by atoms with Crippen LogP contribution in [0.25, 0.3) is 0 Å². The molecule has 0 spiro atoms. The predicted molar refractivity (Wildman–Crippen MR) is 79.6 cm³/mol. The quantitative estimate of drug-likeness (QED) is 0.840. The summed E-state index contributed by atoms with van der Waals surface area (Å²) in [5.74, 6) is -0.0828. The number of anilines is 1. The Morgan fingerprint density at radius 2 is 2.06 bits per heavy atom. The maximum atomic E-state index is 10.9. The number of thiazole rings is 1. The molecule has 1 aromatic heterocycles. The van der Waals surface area contributed by atoms with Crippen LogP contribution in [-0.2, 0) is 4.79 Å². The molecule has 1 heterocycles. The van der Waals surface area contributed by atoms with Gasteiger partial charge in [0.1, 0.15) is 5.00 Å². The average Bonchev–Trinajstić information content (AvgIpc) is 2.75. The second-order valence-electron chi connectivity index (χ2n) is 3.29. The number of halogens is 1. The van der Waals surface area contributed by atoms with E-state index in [2.05, 4.69) is 10.3 Å². The number of benzene rings is 1. The van der Waals surface area contributed by atoms with Crippen LogP contribution in [0.4, 0.5) is 5.00 Å². The van der Waals surface area contributed by atoms with Gasteiger partial charge in [-0.1, -0.05) is 33.7 Å². The van der Waals surface area contributed by atoms with Crippen LogP contribution in [0.15, 0.2) is 39.7 Å². The summed E-state index contributed by atoms with van der Waals surface area (Å²) in [5.41, 5.74) is 0. The Morgan fingerprint density at radius 3 is 2.72 bits per heavy atom. The van der Waals surface area contributed by atoms with Crippen molar-refractivity contribution in [1.29, 1.82) is 0 Å². The fraction of sp³-hybridized carbons (Fsp3) is 0.0909. The largest absolute Gasteiger partial charge is 0.317 e. The van der Waals surface area contributed by atoms with Crippen molar-refractivity contribution in [3.05, 3.63) is 35.5 Å². The molecule has 94 valence electrons. The van der Waals surface area contributed by atoms with Gasteiger partial charge in [0, 0.05) is 16.8 Å². The second kappa shape index (κ2) is 6.47. The van der Waals surface area contributed by atoms with E-state index in [1.807, 2.05) is 24.3 Å². The highest BCUT2D eigenvalue weighted by atomic mass is 35.5. The van der Waals surface area contributed by atoms with Crippen LogP contribution in [0.2, 0.25) is 5.02 Å². The zero-order chi connectivity index (χ0) is 13.0. The Bertz CT molecular complexity index is 541. The number of aromatic nitrogens is 1. The standard InChI is InChI=1S/C11H9ClN2OS3/c1-7(15)14-10-6-13-11(16-10)18-17-9-4-2-8(12)3-5-9/h2-6H,1H3,(H,14,15). The van der Waals surface area contributed by atoms with E-state index in [0.717, 1.165) is 19.3 Å². The molecule has 7 heteroatoms. The van der Waals surface area contributed by atoms with Crippen LogP contribution >= 0.6 is 44.5 Å². The lowest BCUT2D eigenvalue weighted by Gasteiger charge is -1.97. The molecule has 0 aliphatic carbocycles. The first-order valence-electron chi connectivity index (χ1n) is 4.97. The van der Waals surface area contributed by atoms with E-state index >= 15 is 0 Å². The van der Waals surface area contributed by atoms with Crippen LogP contribution < -0.4 is 5.32 Å². The Kier molecular flexibility index (Phi) is 4.94. The molecular formula is C11H9ClN2OS3. The van der Waals surface area contributed by atoms with E-state index < -0.39 is 0 Å². The topological polar surface area (TPSA) is 42.0 Å². The number of hydrogen-bond donors (Lipinski definition) is 1. The minimum atomic E-state index is -0.0828. The zero-order valence-electron chi connectivity index (χ0n) is 9.34. The summed E-state index contributed by atoms with van der Waals surface area (Å²) in [7, 11) is 3.16. The normalized spacial score (nSPS) is 10.3. The fourth-order valence-electron chi connectivity index (χ4n) is 1.10. The van der Waals surface area contributed by atoms with E-state index in [0.29, 0.717) is 0 Å². The molecule has 1 aromatic carbocycles. The molecule has 0 bridgehead atoms. The molecule has 0 unspecified atom stereocenters. The van der Waals surface area contributed by atoms with Gasteiger partial charge in [0.25, 0.3) is 0 Å².